The number of unbranched alkanes of at least 4 members (excludes halogenated alkanes) is 4. The molecule has 0 aromatic rings. The fourth-order valence-corrected chi connectivity index (χ4v) is 4.40. The summed E-state index contributed by atoms with van der Waals surface area (Å²) in [7, 11) is -9.01. The van der Waals surface area contributed by atoms with Crippen LogP contribution < -0.4 is 0 Å². The van der Waals surface area contributed by atoms with Gasteiger partial charge in [0.2, 0.25) is 0 Å². The van der Waals surface area contributed by atoms with Crippen molar-refractivity contribution in [3.05, 3.63) is 12.2 Å². The average Bonchev–Trinajstić information content (AvgIpc) is 2.28. The highest BCUT2D eigenvalue weighted by Gasteiger charge is 2.32. The lowest BCUT2D eigenvalue weighted by molar-refractivity contribution is 0.444. The predicted molar refractivity (Wildman–Crippen MR) is 78.8 cm³/mol. The van der Waals surface area contributed by atoms with E-state index in [1.54, 1.807) is 12.2 Å². The molecule has 0 aliphatic carbocycles. The number of hydrogen-bond acceptors (Lipinski definition) is 4. The Labute approximate surface area is 121 Å². The molecular weight excluding hydrogens is 304 g/mol. The van der Waals surface area contributed by atoms with E-state index in [2.05, 4.69) is 6.92 Å². The Morgan fingerprint density at radius 1 is 1.05 bits per heavy atom. The summed E-state index contributed by atoms with van der Waals surface area (Å²) < 4.78 is 61.7. The molecule has 2 unspecified atom stereocenters. The zero-order chi connectivity index (χ0) is 15.8. The van der Waals surface area contributed by atoms with Crippen LogP contribution >= 0.6 is 0 Å². The van der Waals surface area contributed by atoms with Crippen molar-refractivity contribution in [2.45, 2.75) is 51.2 Å². The van der Waals surface area contributed by atoms with Crippen molar-refractivity contribution in [1.82, 2.24) is 0 Å². The van der Waals surface area contributed by atoms with Crippen LogP contribution in [0.5, 0.6) is 0 Å². The second-order valence-electron chi connectivity index (χ2n) is 4.94. The molecule has 6 nitrogen and oxygen atoms in total. The lowest BCUT2D eigenvalue weighted by atomic mass is 10.1. The van der Waals surface area contributed by atoms with Crippen molar-refractivity contribution in [2.75, 3.05) is 5.75 Å². The highest BCUT2D eigenvalue weighted by Crippen LogP contribution is 2.16. The van der Waals surface area contributed by atoms with E-state index in [9.17, 15) is 16.8 Å². The van der Waals surface area contributed by atoms with E-state index in [1.165, 1.54) is 6.92 Å². The SMILES string of the molecule is CCCCCCC=CC(C)C(CS(=O)(=O)O)S(=O)(=O)O. The Morgan fingerprint density at radius 3 is 2.10 bits per heavy atom. The van der Waals surface area contributed by atoms with E-state index in [-0.39, 0.29) is 0 Å². The van der Waals surface area contributed by atoms with Crippen LogP contribution in [0.4, 0.5) is 0 Å². The fraction of sp³-hybridized carbons (Fsp3) is 0.833. The first-order valence-electron chi connectivity index (χ1n) is 6.66. The summed E-state index contributed by atoms with van der Waals surface area (Å²) in [5.41, 5.74) is 0. The van der Waals surface area contributed by atoms with Crippen molar-refractivity contribution in [2.24, 2.45) is 5.92 Å². The van der Waals surface area contributed by atoms with Gasteiger partial charge in [0.25, 0.3) is 20.2 Å². The third-order valence-corrected chi connectivity index (χ3v) is 5.36. The normalized spacial score (nSPS) is 16.4. The van der Waals surface area contributed by atoms with Gasteiger partial charge in [-0.3, -0.25) is 9.11 Å². The average molecular weight is 328 g/mol. The molecule has 0 rings (SSSR count). The summed E-state index contributed by atoms with van der Waals surface area (Å²) in [5.74, 6) is -1.70. The third-order valence-electron chi connectivity index (χ3n) is 3.01. The maximum atomic E-state index is 11.2. The topological polar surface area (TPSA) is 109 Å². The molecule has 0 aliphatic rings. The van der Waals surface area contributed by atoms with E-state index in [0.29, 0.717) is 0 Å². The largest absolute Gasteiger partial charge is 0.286 e. The van der Waals surface area contributed by atoms with Crippen LogP contribution in [0.1, 0.15) is 46.0 Å². The molecule has 0 heterocycles. The number of hydrogen-bond donors (Lipinski definition) is 2. The van der Waals surface area contributed by atoms with Crippen LogP contribution in [-0.4, -0.2) is 36.9 Å². The second kappa shape index (κ2) is 8.76. The van der Waals surface area contributed by atoms with Gasteiger partial charge in [-0.05, 0) is 18.8 Å². The molecule has 8 heteroatoms. The number of allylic oxidation sites excluding steroid dienone is 2. The van der Waals surface area contributed by atoms with E-state index in [0.717, 1.165) is 32.1 Å². The fourth-order valence-electron chi connectivity index (χ4n) is 1.84. The third kappa shape index (κ3) is 9.46. The molecule has 0 aromatic heterocycles. The van der Waals surface area contributed by atoms with Gasteiger partial charge in [0.05, 0.1) is 5.75 Å². The van der Waals surface area contributed by atoms with Gasteiger partial charge < -0.3 is 0 Å². The molecule has 120 valence electrons. The first kappa shape index (κ1) is 19.6. The first-order chi connectivity index (χ1) is 9.08. The minimum atomic E-state index is -4.54. The van der Waals surface area contributed by atoms with Gasteiger partial charge in [0.1, 0.15) is 5.25 Å². The summed E-state index contributed by atoms with van der Waals surface area (Å²) in [6.45, 7) is 3.59. The molecule has 2 N–H and O–H groups in total. The summed E-state index contributed by atoms with van der Waals surface area (Å²) in [5, 5.41) is -1.55. The van der Waals surface area contributed by atoms with Gasteiger partial charge in [0.15, 0.2) is 0 Å². The zero-order valence-corrected chi connectivity index (χ0v) is 13.5. The highest BCUT2D eigenvalue weighted by molar-refractivity contribution is 7.90. The van der Waals surface area contributed by atoms with E-state index >= 15 is 0 Å². The minimum Gasteiger partial charge on any atom is -0.286 e. The van der Waals surface area contributed by atoms with Crippen LogP contribution in [0, 0.1) is 5.92 Å². The van der Waals surface area contributed by atoms with Crippen molar-refractivity contribution in [3.8, 4) is 0 Å². The highest BCUT2D eigenvalue weighted by atomic mass is 32.2. The lowest BCUT2D eigenvalue weighted by Gasteiger charge is -2.16. The maximum Gasteiger partial charge on any atom is 0.269 e. The van der Waals surface area contributed by atoms with Crippen molar-refractivity contribution < 1.29 is 25.9 Å². The monoisotopic (exact) mass is 328 g/mol. The van der Waals surface area contributed by atoms with E-state index in [4.69, 9.17) is 9.11 Å². The summed E-state index contributed by atoms with van der Waals surface area (Å²) >= 11 is 0. The van der Waals surface area contributed by atoms with Crippen molar-refractivity contribution in [1.29, 1.82) is 0 Å². The quantitative estimate of drug-likeness (QED) is 0.362. The first-order valence-corrected chi connectivity index (χ1v) is 9.77. The molecule has 20 heavy (non-hydrogen) atoms. The van der Waals surface area contributed by atoms with Gasteiger partial charge in [0, 0.05) is 0 Å². The van der Waals surface area contributed by atoms with Gasteiger partial charge >= 0.3 is 0 Å². The van der Waals surface area contributed by atoms with Crippen LogP contribution in [0.25, 0.3) is 0 Å². The van der Waals surface area contributed by atoms with E-state index in [1.807, 2.05) is 0 Å². The van der Waals surface area contributed by atoms with Gasteiger partial charge in [-0.15, -0.1) is 0 Å². The molecule has 0 aromatic carbocycles. The van der Waals surface area contributed by atoms with Crippen LogP contribution in [0.3, 0.4) is 0 Å². The Bertz CT molecular complexity index is 492. The van der Waals surface area contributed by atoms with Gasteiger partial charge in [-0.25, -0.2) is 0 Å². The predicted octanol–water partition coefficient (Wildman–Crippen LogP) is 2.29. The molecule has 0 saturated carbocycles. The molecule has 0 fully saturated rings. The molecule has 0 spiro atoms. The minimum absolute atomic E-state index is 0.696. The van der Waals surface area contributed by atoms with Gasteiger partial charge in [-0.2, -0.15) is 16.8 Å². The number of rotatable bonds is 10. The Kier molecular flexibility index (Phi) is 8.57. The van der Waals surface area contributed by atoms with Crippen LogP contribution in [0.15, 0.2) is 12.2 Å². The van der Waals surface area contributed by atoms with Crippen molar-refractivity contribution in [3.63, 3.8) is 0 Å². The van der Waals surface area contributed by atoms with Crippen LogP contribution in [-0.2, 0) is 20.2 Å². The van der Waals surface area contributed by atoms with Crippen molar-refractivity contribution >= 4 is 20.2 Å². The molecule has 0 saturated heterocycles. The smallest absolute Gasteiger partial charge is 0.269 e. The summed E-state index contributed by atoms with van der Waals surface area (Å²) in [4.78, 5) is 0. The van der Waals surface area contributed by atoms with Gasteiger partial charge in [-0.1, -0.05) is 45.3 Å². The Balaban J connectivity index is 4.58. The maximum absolute atomic E-state index is 11.2. The van der Waals surface area contributed by atoms with E-state index < -0.39 is 37.2 Å². The molecule has 0 aliphatic heterocycles. The Hall–Kier alpha value is -0.440. The molecule has 0 bridgehead atoms. The summed E-state index contributed by atoms with van der Waals surface area (Å²) in [6, 6.07) is 0. The standard InChI is InChI=1S/C12H24O6S2/c1-3-4-5-6-7-8-9-11(2)12(20(16,17)18)10-19(13,14)15/h8-9,11-12H,3-7,10H2,1-2H3,(H,13,14,15)(H,16,17,18). The molecule has 2 atom stereocenters. The molecular formula is C12H24O6S2. The molecule has 0 radical (unpaired) electrons. The molecule has 0 amide bonds. The summed E-state index contributed by atoms with van der Waals surface area (Å²) in [6.07, 6.45) is 8.44. The van der Waals surface area contributed by atoms with Crippen LogP contribution in [0.2, 0.25) is 0 Å². The lowest BCUT2D eigenvalue weighted by Crippen LogP contribution is -2.34. The second-order valence-corrected chi connectivity index (χ2v) is 8.07. The Morgan fingerprint density at radius 2 is 1.65 bits per heavy atom. The zero-order valence-electron chi connectivity index (χ0n) is 11.9.